The van der Waals surface area contributed by atoms with Gasteiger partial charge in [0.1, 0.15) is 17.1 Å². The fourth-order valence-electron chi connectivity index (χ4n) is 2.02. The normalized spacial score (nSPS) is 10.7. The quantitative estimate of drug-likeness (QED) is 0.631. The lowest BCUT2D eigenvalue weighted by atomic mass is 10.1. The Kier molecular flexibility index (Phi) is 3.48. The van der Waals surface area contributed by atoms with Gasteiger partial charge < -0.3 is 9.15 Å². The van der Waals surface area contributed by atoms with Crippen molar-refractivity contribution in [1.29, 1.82) is 0 Å². The Morgan fingerprint density at radius 3 is 2.50 bits per heavy atom. The summed E-state index contributed by atoms with van der Waals surface area (Å²) >= 11 is 2.24. The molecule has 0 amide bonds. The molecule has 4 heteroatoms. The third-order valence-electron chi connectivity index (χ3n) is 3.07. The molecule has 1 heterocycles. The first-order valence-electron chi connectivity index (χ1n) is 6.05. The molecule has 0 radical (unpaired) electrons. The molecule has 0 bridgehead atoms. The highest BCUT2D eigenvalue weighted by Crippen LogP contribution is 2.25. The molecule has 3 nitrogen and oxygen atoms in total. The first-order valence-corrected chi connectivity index (χ1v) is 7.13. The zero-order chi connectivity index (χ0) is 14.1. The second kappa shape index (κ2) is 5.28. The molecular formula is C16H11IO3. The van der Waals surface area contributed by atoms with E-state index < -0.39 is 0 Å². The molecule has 2 aromatic carbocycles. The van der Waals surface area contributed by atoms with E-state index in [2.05, 4.69) is 22.6 Å². The Labute approximate surface area is 129 Å². The molecule has 0 spiro atoms. The maximum absolute atomic E-state index is 12.1. The minimum absolute atomic E-state index is 0.0533. The number of rotatable bonds is 2. The van der Waals surface area contributed by atoms with Crippen LogP contribution >= 0.6 is 22.6 Å². The van der Waals surface area contributed by atoms with Crippen LogP contribution in [0.1, 0.15) is 0 Å². The molecule has 0 saturated heterocycles. The average Bonchev–Trinajstić information content (AvgIpc) is 2.47. The maximum Gasteiger partial charge on any atom is 0.193 e. The van der Waals surface area contributed by atoms with Crippen LogP contribution in [0.4, 0.5) is 0 Å². The van der Waals surface area contributed by atoms with Crippen molar-refractivity contribution in [3.05, 3.63) is 62.3 Å². The van der Waals surface area contributed by atoms with Gasteiger partial charge in [0, 0.05) is 21.3 Å². The molecule has 0 atom stereocenters. The van der Waals surface area contributed by atoms with Gasteiger partial charge in [-0.15, -0.1) is 0 Å². The van der Waals surface area contributed by atoms with Gasteiger partial charge >= 0.3 is 0 Å². The first kappa shape index (κ1) is 13.2. The fourth-order valence-corrected chi connectivity index (χ4v) is 2.38. The van der Waals surface area contributed by atoms with Crippen LogP contribution < -0.4 is 10.2 Å². The van der Waals surface area contributed by atoms with Crippen LogP contribution in [0.3, 0.4) is 0 Å². The number of ether oxygens (including phenoxy) is 1. The summed E-state index contributed by atoms with van der Waals surface area (Å²) in [5.41, 5.74) is 1.36. The Morgan fingerprint density at radius 2 is 1.80 bits per heavy atom. The molecule has 0 aliphatic heterocycles. The zero-order valence-corrected chi connectivity index (χ0v) is 12.9. The van der Waals surface area contributed by atoms with Gasteiger partial charge in [-0.25, -0.2) is 0 Å². The second-order valence-corrected chi connectivity index (χ2v) is 5.59. The van der Waals surface area contributed by atoms with Gasteiger partial charge in [0.2, 0.25) is 0 Å². The maximum atomic E-state index is 12.1. The van der Waals surface area contributed by atoms with E-state index in [1.54, 1.807) is 25.3 Å². The number of methoxy groups -OCH3 is 1. The van der Waals surface area contributed by atoms with Crippen LogP contribution in [-0.2, 0) is 0 Å². The number of hydrogen-bond acceptors (Lipinski definition) is 3. The van der Waals surface area contributed by atoms with Crippen molar-refractivity contribution in [2.75, 3.05) is 7.11 Å². The third-order valence-corrected chi connectivity index (χ3v) is 3.78. The van der Waals surface area contributed by atoms with Gasteiger partial charge in [-0.3, -0.25) is 4.79 Å². The number of hydrogen-bond donors (Lipinski definition) is 0. The second-order valence-electron chi connectivity index (χ2n) is 4.34. The average molecular weight is 378 g/mol. The van der Waals surface area contributed by atoms with Crippen molar-refractivity contribution >= 4 is 33.6 Å². The van der Waals surface area contributed by atoms with E-state index in [-0.39, 0.29) is 5.43 Å². The van der Waals surface area contributed by atoms with E-state index in [1.165, 1.54) is 6.07 Å². The van der Waals surface area contributed by atoms with Gasteiger partial charge in [-0.2, -0.15) is 0 Å². The van der Waals surface area contributed by atoms with Gasteiger partial charge in [0.05, 0.1) is 12.5 Å². The van der Waals surface area contributed by atoms with Gasteiger partial charge in [0.25, 0.3) is 0 Å². The summed E-state index contributed by atoms with van der Waals surface area (Å²) in [5, 5.41) is 0.556. The summed E-state index contributed by atoms with van der Waals surface area (Å²) in [5.74, 6) is 1.23. The van der Waals surface area contributed by atoms with Crippen LogP contribution in [0.25, 0.3) is 22.3 Å². The molecular weight excluding hydrogens is 367 g/mol. The van der Waals surface area contributed by atoms with Crippen LogP contribution in [-0.4, -0.2) is 7.11 Å². The molecule has 1 aromatic heterocycles. The van der Waals surface area contributed by atoms with Crippen molar-refractivity contribution in [1.82, 2.24) is 0 Å². The topological polar surface area (TPSA) is 39.4 Å². The molecule has 20 heavy (non-hydrogen) atoms. The molecule has 0 aliphatic rings. The summed E-state index contributed by atoms with van der Waals surface area (Å²) in [6.45, 7) is 0. The first-order chi connectivity index (χ1) is 9.67. The van der Waals surface area contributed by atoms with E-state index in [0.29, 0.717) is 22.5 Å². The molecule has 0 unspecified atom stereocenters. The predicted octanol–water partition coefficient (Wildman–Crippen LogP) is 4.07. The SMILES string of the molecule is COc1ccc2c(=O)cc(-c3ccc(I)cc3)oc2c1. The van der Waals surface area contributed by atoms with Crippen LogP contribution in [0.15, 0.2) is 57.7 Å². The van der Waals surface area contributed by atoms with E-state index in [1.807, 2.05) is 24.3 Å². The summed E-state index contributed by atoms with van der Waals surface area (Å²) in [6.07, 6.45) is 0. The highest BCUT2D eigenvalue weighted by Gasteiger charge is 2.07. The number of benzene rings is 2. The van der Waals surface area contributed by atoms with Crippen molar-refractivity contribution in [2.24, 2.45) is 0 Å². The van der Waals surface area contributed by atoms with E-state index in [9.17, 15) is 4.79 Å². The minimum atomic E-state index is -0.0533. The Hall–Kier alpha value is -1.82. The zero-order valence-electron chi connectivity index (χ0n) is 10.7. The molecule has 0 saturated carbocycles. The van der Waals surface area contributed by atoms with E-state index >= 15 is 0 Å². The standard InChI is InChI=1S/C16H11IO3/c1-19-12-6-7-13-14(18)9-15(20-16(13)8-12)10-2-4-11(17)5-3-10/h2-9H,1H3. The highest BCUT2D eigenvalue weighted by molar-refractivity contribution is 14.1. The summed E-state index contributed by atoms with van der Waals surface area (Å²) in [6, 6.07) is 14.6. The van der Waals surface area contributed by atoms with Crippen molar-refractivity contribution in [3.8, 4) is 17.1 Å². The fraction of sp³-hybridized carbons (Fsp3) is 0.0625. The smallest absolute Gasteiger partial charge is 0.193 e. The lowest BCUT2D eigenvalue weighted by Crippen LogP contribution is -2.00. The van der Waals surface area contributed by atoms with Crippen molar-refractivity contribution in [2.45, 2.75) is 0 Å². The van der Waals surface area contributed by atoms with Gasteiger partial charge in [-0.05, 0) is 46.9 Å². The van der Waals surface area contributed by atoms with Crippen LogP contribution in [0.5, 0.6) is 5.75 Å². The van der Waals surface area contributed by atoms with Crippen LogP contribution in [0, 0.1) is 3.57 Å². The molecule has 3 rings (SSSR count). The largest absolute Gasteiger partial charge is 0.497 e. The number of halogens is 1. The predicted molar refractivity (Wildman–Crippen MR) is 87.2 cm³/mol. The monoisotopic (exact) mass is 378 g/mol. The Morgan fingerprint density at radius 1 is 1.05 bits per heavy atom. The third kappa shape index (κ3) is 2.43. The summed E-state index contributed by atoms with van der Waals surface area (Å²) in [4.78, 5) is 12.1. The molecule has 100 valence electrons. The molecule has 3 aromatic rings. The van der Waals surface area contributed by atoms with Crippen molar-refractivity contribution in [3.63, 3.8) is 0 Å². The lowest BCUT2D eigenvalue weighted by molar-refractivity contribution is 0.414. The van der Waals surface area contributed by atoms with Gasteiger partial charge in [0.15, 0.2) is 5.43 Å². The minimum Gasteiger partial charge on any atom is -0.497 e. The molecule has 0 N–H and O–H groups in total. The van der Waals surface area contributed by atoms with Crippen LogP contribution in [0.2, 0.25) is 0 Å². The van der Waals surface area contributed by atoms with E-state index in [0.717, 1.165) is 9.13 Å². The molecule has 0 aliphatic carbocycles. The highest BCUT2D eigenvalue weighted by atomic mass is 127. The van der Waals surface area contributed by atoms with E-state index in [4.69, 9.17) is 9.15 Å². The lowest BCUT2D eigenvalue weighted by Gasteiger charge is -2.05. The summed E-state index contributed by atoms with van der Waals surface area (Å²) in [7, 11) is 1.59. The summed E-state index contributed by atoms with van der Waals surface area (Å²) < 4.78 is 12.1. The van der Waals surface area contributed by atoms with Crippen molar-refractivity contribution < 1.29 is 9.15 Å². The Balaban J connectivity index is 2.22. The molecule has 0 fully saturated rings. The van der Waals surface area contributed by atoms with Gasteiger partial charge in [-0.1, -0.05) is 12.1 Å². The Bertz CT molecular complexity index is 819. The number of fused-ring (bicyclic) bond motifs is 1.